The maximum absolute atomic E-state index is 5.88. The van der Waals surface area contributed by atoms with Crippen LogP contribution in [0, 0.1) is 0 Å². The molecule has 5 heteroatoms. The minimum absolute atomic E-state index is 0.126. The standard InChI is InChI=1S/C23H24N2O3/c1-16(2)27-14-21-20-13-22(28-15-26-3)18-11-7-8-12-19(18)23(20)25(24-21)17-9-5-4-6-10-17/h4-13,16H,14-15H2,1-3H3. The normalized spacial score (nSPS) is 11.6. The van der Waals surface area contributed by atoms with Crippen LogP contribution in [0.1, 0.15) is 19.5 Å². The van der Waals surface area contributed by atoms with Crippen molar-refractivity contribution in [3.05, 3.63) is 66.4 Å². The van der Waals surface area contributed by atoms with Gasteiger partial charge in [0, 0.05) is 23.3 Å². The summed E-state index contributed by atoms with van der Waals surface area (Å²) in [6.45, 7) is 4.69. The summed E-state index contributed by atoms with van der Waals surface area (Å²) in [5, 5.41) is 8.04. The highest BCUT2D eigenvalue weighted by Gasteiger charge is 2.18. The lowest BCUT2D eigenvalue weighted by Crippen LogP contribution is -2.04. The molecule has 144 valence electrons. The van der Waals surface area contributed by atoms with E-state index in [1.807, 2.05) is 54.9 Å². The largest absolute Gasteiger partial charge is 0.467 e. The summed E-state index contributed by atoms with van der Waals surface area (Å²) in [5.41, 5.74) is 2.95. The van der Waals surface area contributed by atoms with Crippen LogP contribution in [0.15, 0.2) is 60.7 Å². The van der Waals surface area contributed by atoms with Crippen molar-refractivity contribution in [3.8, 4) is 11.4 Å². The van der Waals surface area contributed by atoms with Crippen molar-refractivity contribution in [2.45, 2.75) is 26.6 Å². The number of hydrogen-bond acceptors (Lipinski definition) is 4. The van der Waals surface area contributed by atoms with E-state index in [0.717, 1.165) is 38.8 Å². The van der Waals surface area contributed by atoms with E-state index < -0.39 is 0 Å². The lowest BCUT2D eigenvalue weighted by atomic mass is 10.0. The molecule has 0 radical (unpaired) electrons. The lowest BCUT2D eigenvalue weighted by Gasteiger charge is -2.11. The van der Waals surface area contributed by atoms with Crippen LogP contribution in [0.5, 0.6) is 5.75 Å². The topological polar surface area (TPSA) is 45.5 Å². The molecule has 0 spiro atoms. The van der Waals surface area contributed by atoms with Crippen molar-refractivity contribution in [2.75, 3.05) is 13.9 Å². The van der Waals surface area contributed by atoms with Crippen LogP contribution in [-0.4, -0.2) is 29.8 Å². The van der Waals surface area contributed by atoms with Gasteiger partial charge in [-0.1, -0.05) is 42.5 Å². The summed E-state index contributed by atoms with van der Waals surface area (Å²) in [5.74, 6) is 0.781. The highest BCUT2D eigenvalue weighted by Crippen LogP contribution is 2.36. The van der Waals surface area contributed by atoms with Gasteiger partial charge < -0.3 is 14.2 Å². The van der Waals surface area contributed by atoms with Gasteiger partial charge in [0.05, 0.1) is 29.6 Å². The summed E-state index contributed by atoms with van der Waals surface area (Å²) >= 11 is 0. The molecule has 3 aromatic carbocycles. The fourth-order valence-corrected chi connectivity index (χ4v) is 3.35. The van der Waals surface area contributed by atoms with Crippen LogP contribution in [0.25, 0.3) is 27.4 Å². The molecule has 1 heterocycles. The third-order valence-corrected chi connectivity index (χ3v) is 4.61. The van der Waals surface area contributed by atoms with E-state index in [9.17, 15) is 0 Å². The lowest BCUT2D eigenvalue weighted by molar-refractivity contribution is 0.0523. The zero-order valence-corrected chi connectivity index (χ0v) is 16.4. The Bertz CT molecular complexity index is 1090. The van der Waals surface area contributed by atoms with Crippen LogP contribution < -0.4 is 4.74 Å². The number of fused-ring (bicyclic) bond motifs is 3. The third-order valence-electron chi connectivity index (χ3n) is 4.61. The van der Waals surface area contributed by atoms with Gasteiger partial charge in [0.25, 0.3) is 0 Å². The molecule has 0 aliphatic rings. The highest BCUT2D eigenvalue weighted by molar-refractivity contribution is 6.10. The van der Waals surface area contributed by atoms with Gasteiger partial charge in [0.15, 0.2) is 6.79 Å². The molecule has 0 atom stereocenters. The van der Waals surface area contributed by atoms with Gasteiger partial charge in [-0.15, -0.1) is 0 Å². The van der Waals surface area contributed by atoms with Gasteiger partial charge in [-0.05, 0) is 32.0 Å². The van der Waals surface area contributed by atoms with E-state index in [1.165, 1.54) is 0 Å². The smallest absolute Gasteiger partial charge is 0.188 e. The van der Waals surface area contributed by atoms with Crippen molar-refractivity contribution in [1.29, 1.82) is 0 Å². The molecule has 0 bridgehead atoms. The van der Waals surface area contributed by atoms with Crippen LogP contribution in [0.2, 0.25) is 0 Å². The Morgan fingerprint density at radius 2 is 1.64 bits per heavy atom. The van der Waals surface area contributed by atoms with E-state index in [-0.39, 0.29) is 12.9 Å². The Balaban J connectivity index is 2.00. The molecule has 0 aliphatic carbocycles. The molecule has 0 aliphatic heterocycles. The molecular formula is C23H24N2O3. The summed E-state index contributed by atoms with van der Waals surface area (Å²) in [4.78, 5) is 0. The minimum Gasteiger partial charge on any atom is -0.467 e. The van der Waals surface area contributed by atoms with Crippen molar-refractivity contribution >= 4 is 21.7 Å². The number of ether oxygens (including phenoxy) is 3. The maximum Gasteiger partial charge on any atom is 0.188 e. The van der Waals surface area contributed by atoms with Gasteiger partial charge in [-0.3, -0.25) is 0 Å². The van der Waals surface area contributed by atoms with Crippen molar-refractivity contribution < 1.29 is 14.2 Å². The van der Waals surface area contributed by atoms with E-state index >= 15 is 0 Å². The molecule has 0 saturated heterocycles. The van der Waals surface area contributed by atoms with Crippen LogP contribution in [0.4, 0.5) is 0 Å². The number of benzene rings is 3. The number of rotatable bonds is 7. The van der Waals surface area contributed by atoms with Gasteiger partial charge in [-0.2, -0.15) is 5.10 Å². The second-order valence-corrected chi connectivity index (χ2v) is 6.92. The second kappa shape index (κ2) is 8.00. The number of aromatic nitrogens is 2. The third kappa shape index (κ3) is 3.46. The Morgan fingerprint density at radius 1 is 0.929 bits per heavy atom. The molecule has 0 amide bonds. The average Bonchev–Trinajstić information content (AvgIpc) is 3.10. The van der Waals surface area contributed by atoms with Crippen molar-refractivity contribution in [1.82, 2.24) is 9.78 Å². The van der Waals surface area contributed by atoms with Gasteiger partial charge >= 0.3 is 0 Å². The quantitative estimate of drug-likeness (QED) is 0.422. The predicted octanol–water partition coefficient (Wildman–Crippen LogP) is 5.09. The molecule has 4 aromatic rings. The first-order valence-corrected chi connectivity index (χ1v) is 9.41. The first kappa shape index (κ1) is 18.5. The molecule has 28 heavy (non-hydrogen) atoms. The van der Waals surface area contributed by atoms with Gasteiger partial charge in [-0.25, -0.2) is 4.68 Å². The number of nitrogens with zero attached hydrogens (tertiary/aromatic N) is 2. The van der Waals surface area contributed by atoms with E-state index in [4.69, 9.17) is 19.3 Å². The summed E-state index contributed by atoms with van der Waals surface area (Å²) < 4.78 is 18.9. The molecule has 1 aromatic heterocycles. The Labute approximate surface area is 164 Å². The maximum atomic E-state index is 5.88. The van der Waals surface area contributed by atoms with Crippen LogP contribution >= 0.6 is 0 Å². The predicted molar refractivity (Wildman–Crippen MR) is 111 cm³/mol. The molecule has 0 fully saturated rings. The summed E-state index contributed by atoms with van der Waals surface area (Å²) in [6.07, 6.45) is 0.126. The fourth-order valence-electron chi connectivity index (χ4n) is 3.35. The molecule has 0 N–H and O–H groups in total. The van der Waals surface area contributed by atoms with E-state index in [2.05, 4.69) is 24.3 Å². The fraction of sp³-hybridized carbons (Fsp3) is 0.261. The summed E-state index contributed by atoms with van der Waals surface area (Å²) in [6, 6.07) is 20.4. The Hall–Kier alpha value is -2.89. The first-order chi connectivity index (χ1) is 13.7. The molecule has 0 saturated carbocycles. The Morgan fingerprint density at radius 3 is 2.36 bits per heavy atom. The molecular weight excluding hydrogens is 352 g/mol. The van der Waals surface area contributed by atoms with Gasteiger partial charge in [0.1, 0.15) is 5.75 Å². The average molecular weight is 376 g/mol. The zero-order valence-electron chi connectivity index (χ0n) is 16.4. The zero-order chi connectivity index (χ0) is 19.5. The van der Waals surface area contributed by atoms with Crippen molar-refractivity contribution in [2.24, 2.45) is 0 Å². The Kier molecular flexibility index (Phi) is 5.28. The molecule has 5 nitrogen and oxygen atoms in total. The minimum atomic E-state index is 0.126. The molecule has 4 rings (SSSR count). The first-order valence-electron chi connectivity index (χ1n) is 9.41. The molecule has 0 unspecified atom stereocenters. The second-order valence-electron chi connectivity index (χ2n) is 6.92. The SMILES string of the molecule is COCOc1cc2c(COC(C)C)nn(-c3ccccc3)c2c2ccccc12. The van der Waals surface area contributed by atoms with Crippen molar-refractivity contribution in [3.63, 3.8) is 0 Å². The van der Waals surface area contributed by atoms with E-state index in [1.54, 1.807) is 7.11 Å². The van der Waals surface area contributed by atoms with Crippen LogP contribution in [-0.2, 0) is 16.1 Å². The highest BCUT2D eigenvalue weighted by atomic mass is 16.7. The number of hydrogen-bond donors (Lipinski definition) is 0. The monoisotopic (exact) mass is 376 g/mol. The summed E-state index contributed by atoms with van der Waals surface area (Å²) in [7, 11) is 1.62. The number of para-hydroxylation sites is 1. The van der Waals surface area contributed by atoms with E-state index in [0.29, 0.717) is 6.61 Å². The van der Waals surface area contributed by atoms with Gasteiger partial charge in [0.2, 0.25) is 0 Å². The van der Waals surface area contributed by atoms with Crippen LogP contribution in [0.3, 0.4) is 0 Å². The number of methoxy groups -OCH3 is 1.